The number of hydrogen-bond donors (Lipinski definition) is 0. The van der Waals surface area contributed by atoms with Crippen molar-refractivity contribution in [3.63, 3.8) is 0 Å². The molecule has 0 bridgehead atoms. The molecule has 0 aliphatic heterocycles. The van der Waals surface area contributed by atoms with Crippen LogP contribution in [-0.2, 0) is 0 Å². The van der Waals surface area contributed by atoms with Crippen molar-refractivity contribution in [1.29, 1.82) is 0 Å². The monoisotopic (exact) mass is 257 g/mol. The first-order valence-corrected chi connectivity index (χ1v) is 8.18. The molecule has 2 heteroatoms. The van der Waals surface area contributed by atoms with Gasteiger partial charge in [-0.05, 0) is 22.5 Å². The molecule has 0 aliphatic rings. The number of benzene rings is 2. The van der Waals surface area contributed by atoms with Crippen LogP contribution in [0.2, 0.25) is 11.1 Å². The third-order valence-electron chi connectivity index (χ3n) is 3.12. The first-order valence-electron chi connectivity index (χ1n) is 6.62. The molecule has 2 rings (SSSR count). The lowest BCUT2D eigenvalue weighted by Crippen LogP contribution is -2.28. The van der Waals surface area contributed by atoms with Gasteiger partial charge in [-0.2, -0.15) is 0 Å². The Morgan fingerprint density at radius 1 is 0.833 bits per heavy atom. The van der Waals surface area contributed by atoms with Crippen molar-refractivity contribution in [2.75, 3.05) is 0 Å². The largest absolute Gasteiger partial charge is 0.541 e. The van der Waals surface area contributed by atoms with E-state index in [2.05, 4.69) is 70.2 Å². The van der Waals surface area contributed by atoms with E-state index in [9.17, 15) is 0 Å². The van der Waals surface area contributed by atoms with Crippen molar-refractivity contribution >= 4 is 19.8 Å². The van der Waals surface area contributed by atoms with E-state index >= 15 is 0 Å². The van der Waals surface area contributed by atoms with Gasteiger partial charge in [0.2, 0.25) is 0 Å². The van der Waals surface area contributed by atoms with Crippen LogP contribution in [-0.4, -0.2) is 9.04 Å². The maximum absolute atomic E-state index is 6.35. The molecule has 2 aromatic rings. The molecule has 1 nitrogen and oxygen atoms in total. The molecule has 0 N–H and O–H groups in total. The maximum Gasteiger partial charge on any atom is 0.286 e. The minimum Gasteiger partial charge on any atom is -0.541 e. The zero-order valence-electron chi connectivity index (χ0n) is 11.6. The molecule has 0 amide bonds. The minimum absolute atomic E-state index is 0.619. The van der Waals surface area contributed by atoms with Crippen LogP contribution >= 0.6 is 0 Å². The molecule has 95 valence electrons. The second-order valence-corrected chi connectivity index (χ2v) is 8.61. The van der Waals surface area contributed by atoms with Gasteiger partial charge in [0.05, 0.1) is 0 Å². The highest BCUT2D eigenvalue weighted by atomic mass is 28.3. The zero-order valence-corrected chi connectivity index (χ0v) is 12.6. The fourth-order valence-corrected chi connectivity index (χ4v) is 4.55. The summed E-state index contributed by atoms with van der Waals surface area (Å²) in [7, 11) is -0.821. The second-order valence-electron chi connectivity index (χ2n) is 5.29. The predicted octanol–water partition coefficient (Wildman–Crippen LogP) is 5.03. The molecule has 18 heavy (non-hydrogen) atoms. The molecule has 0 aliphatic carbocycles. The average molecular weight is 257 g/mol. The first kappa shape index (κ1) is 13.2. The van der Waals surface area contributed by atoms with E-state index in [0.717, 1.165) is 5.75 Å². The van der Waals surface area contributed by atoms with Crippen LogP contribution in [0.15, 0.2) is 42.5 Å². The Morgan fingerprint density at radius 3 is 2.11 bits per heavy atom. The Morgan fingerprint density at radius 2 is 1.44 bits per heavy atom. The molecule has 2 aromatic carbocycles. The molecule has 0 saturated heterocycles. The van der Waals surface area contributed by atoms with Gasteiger partial charge >= 0.3 is 0 Å². The predicted molar refractivity (Wildman–Crippen MR) is 80.5 cm³/mol. The highest BCUT2D eigenvalue weighted by Gasteiger charge is 2.24. The van der Waals surface area contributed by atoms with E-state index in [1.165, 1.54) is 10.8 Å². The lowest BCUT2D eigenvalue weighted by Gasteiger charge is -2.23. The van der Waals surface area contributed by atoms with Crippen molar-refractivity contribution in [2.45, 2.75) is 38.8 Å². The highest BCUT2D eigenvalue weighted by Crippen LogP contribution is 2.29. The zero-order chi connectivity index (χ0) is 13.1. The van der Waals surface area contributed by atoms with Gasteiger partial charge in [0.15, 0.2) is 0 Å². The van der Waals surface area contributed by atoms with E-state index in [1.54, 1.807) is 0 Å². The molecule has 0 aromatic heterocycles. The molecular formula is C16H21OSi. The fraction of sp³-hybridized carbons (Fsp3) is 0.375. The molecule has 0 heterocycles. The Kier molecular flexibility index (Phi) is 4.07. The van der Waals surface area contributed by atoms with Gasteiger partial charge in [-0.15, -0.1) is 0 Å². The quantitative estimate of drug-likeness (QED) is 0.698. The van der Waals surface area contributed by atoms with E-state index in [4.69, 9.17) is 4.43 Å². The molecule has 0 unspecified atom stereocenters. The standard InChI is InChI=1S/C16H21OSi/c1-12(2)18(13(3)4)17-16-11-7-9-14-8-5-6-10-15(14)16/h5-13H,1-4H3. The number of fused-ring (bicyclic) bond motifs is 1. The van der Waals surface area contributed by atoms with E-state index < -0.39 is 9.04 Å². The van der Waals surface area contributed by atoms with Gasteiger partial charge in [-0.3, -0.25) is 0 Å². The van der Waals surface area contributed by atoms with Crippen molar-refractivity contribution in [1.82, 2.24) is 0 Å². The van der Waals surface area contributed by atoms with Crippen LogP contribution in [0.5, 0.6) is 5.75 Å². The van der Waals surface area contributed by atoms with Crippen molar-refractivity contribution < 1.29 is 4.43 Å². The first-order chi connectivity index (χ1) is 8.59. The minimum atomic E-state index is -0.821. The van der Waals surface area contributed by atoms with Gasteiger partial charge in [-0.1, -0.05) is 64.1 Å². The molecule has 0 saturated carbocycles. The molecule has 0 spiro atoms. The summed E-state index contributed by atoms with van der Waals surface area (Å²) in [6.07, 6.45) is 0. The second kappa shape index (κ2) is 5.57. The van der Waals surface area contributed by atoms with Gasteiger partial charge in [-0.25, -0.2) is 0 Å². The summed E-state index contributed by atoms with van der Waals surface area (Å²) in [5, 5.41) is 2.48. The Labute approximate surface area is 112 Å². The summed E-state index contributed by atoms with van der Waals surface area (Å²) in [6, 6.07) is 14.7. The molecule has 0 atom stereocenters. The van der Waals surface area contributed by atoms with Gasteiger partial charge < -0.3 is 4.43 Å². The van der Waals surface area contributed by atoms with Crippen molar-refractivity contribution in [3.8, 4) is 5.75 Å². The molecular weight excluding hydrogens is 236 g/mol. The Balaban J connectivity index is 2.36. The molecule has 1 radical (unpaired) electrons. The maximum atomic E-state index is 6.35. The van der Waals surface area contributed by atoms with Crippen molar-refractivity contribution in [3.05, 3.63) is 42.5 Å². The van der Waals surface area contributed by atoms with Crippen LogP contribution in [0, 0.1) is 0 Å². The van der Waals surface area contributed by atoms with Crippen LogP contribution in [0.4, 0.5) is 0 Å². The Bertz CT molecular complexity index is 506. The van der Waals surface area contributed by atoms with E-state index in [-0.39, 0.29) is 0 Å². The smallest absolute Gasteiger partial charge is 0.286 e. The van der Waals surface area contributed by atoms with Crippen LogP contribution in [0.1, 0.15) is 27.7 Å². The molecule has 0 fully saturated rings. The number of hydrogen-bond acceptors (Lipinski definition) is 1. The highest BCUT2D eigenvalue weighted by molar-refractivity contribution is 6.55. The normalized spacial score (nSPS) is 11.7. The lowest BCUT2D eigenvalue weighted by atomic mass is 10.1. The van der Waals surface area contributed by atoms with E-state index in [1.807, 2.05) is 0 Å². The summed E-state index contributed by atoms with van der Waals surface area (Å²) in [5.41, 5.74) is 1.24. The Hall–Kier alpha value is -1.28. The van der Waals surface area contributed by atoms with Crippen molar-refractivity contribution in [2.24, 2.45) is 0 Å². The van der Waals surface area contributed by atoms with Gasteiger partial charge in [0.1, 0.15) is 5.75 Å². The third kappa shape index (κ3) is 2.75. The average Bonchev–Trinajstić information content (AvgIpc) is 2.35. The van der Waals surface area contributed by atoms with E-state index in [0.29, 0.717) is 11.1 Å². The summed E-state index contributed by atoms with van der Waals surface area (Å²) in [4.78, 5) is 0. The fourth-order valence-electron chi connectivity index (χ4n) is 2.31. The summed E-state index contributed by atoms with van der Waals surface area (Å²) in [6.45, 7) is 9.05. The lowest BCUT2D eigenvalue weighted by molar-refractivity contribution is 0.541. The SMILES string of the molecule is CC(C)[Si](Oc1cccc2ccccc12)C(C)C. The van der Waals surface area contributed by atoms with Gasteiger partial charge in [0.25, 0.3) is 9.04 Å². The summed E-state index contributed by atoms with van der Waals surface area (Å²) in [5.74, 6) is 1.05. The van der Waals surface area contributed by atoms with Crippen LogP contribution < -0.4 is 4.43 Å². The number of rotatable bonds is 4. The van der Waals surface area contributed by atoms with Gasteiger partial charge in [0, 0.05) is 5.39 Å². The van der Waals surface area contributed by atoms with Crippen LogP contribution in [0.25, 0.3) is 10.8 Å². The summed E-state index contributed by atoms with van der Waals surface area (Å²) >= 11 is 0. The van der Waals surface area contributed by atoms with Crippen LogP contribution in [0.3, 0.4) is 0 Å². The third-order valence-corrected chi connectivity index (χ3v) is 5.85. The summed E-state index contributed by atoms with van der Waals surface area (Å²) < 4.78 is 6.35. The topological polar surface area (TPSA) is 9.23 Å².